The Morgan fingerprint density at radius 1 is 0.938 bits per heavy atom. The Bertz CT molecular complexity index is 1340. The number of rotatable bonds is 6. The van der Waals surface area contributed by atoms with Crippen LogP contribution in [0.3, 0.4) is 0 Å². The third-order valence-electron chi connectivity index (χ3n) is 5.67. The summed E-state index contributed by atoms with van der Waals surface area (Å²) in [5, 5.41) is 1.12. The van der Waals surface area contributed by atoms with Crippen molar-refractivity contribution < 1.29 is 4.79 Å². The Morgan fingerprint density at radius 3 is 2.38 bits per heavy atom. The van der Waals surface area contributed by atoms with Crippen LogP contribution in [-0.4, -0.2) is 21.0 Å². The number of amides is 2. The molecule has 2 aromatic heterocycles. The lowest BCUT2D eigenvalue weighted by Crippen LogP contribution is -2.40. The van der Waals surface area contributed by atoms with E-state index in [-0.39, 0.29) is 0 Å². The Kier molecular flexibility index (Phi) is 5.17. The summed E-state index contributed by atoms with van der Waals surface area (Å²) in [5.41, 5.74) is 10.7. The van der Waals surface area contributed by atoms with Crippen LogP contribution < -0.4 is 10.6 Å². The molecule has 0 aliphatic carbocycles. The van der Waals surface area contributed by atoms with Crippen molar-refractivity contribution in [1.82, 2.24) is 15.0 Å². The highest BCUT2D eigenvalue weighted by molar-refractivity contribution is 5.92. The molecule has 0 aliphatic heterocycles. The van der Waals surface area contributed by atoms with Gasteiger partial charge in [-0.3, -0.25) is 4.90 Å². The SMILES string of the molecule is NC(=O)N(c1ccccc1)[C@H](Cc1c[nH]c2ccccc12)c1ncc(-c2ccccc2)[nH]1. The number of aromatic amines is 2. The second-order valence-electron chi connectivity index (χ2n) is 7.67. The van der Waals surface area contributed by atoms with Gasteiger partial charge in [0.15, 0.2) is 0 Å². The van der Waals surface area contributed by atoms with Gasteiger partial charge in [-0.05, 0) is 29.3 Å². The Balaban J connectivity index is 1.60. The number of nitrogens with zero attached hydrogens (tertiary/aromatic N) is 2. The van der Waals surface area contributed by atoms with Crippen LogP contribution in [-0.2, 0) is 6.42 Å². The van der Waals surface area contributed by atoms with E-state index in [0.29, 0.717) is 12.2 Å². The maximum atomic E-state index is 12.7. The molecular weight excluding hydrogens is 398 g/mol. The zero-order valence-electron chi connectivity index (χ0n) is 17.4. The predicted molar refractivity (Wildman–Crippen MR) is 127 cm³/mol. The number of nitrogens with two attached hydrogens (primary N) is 1. The number of imidazole rings is 1. The molecule has 5 aromatic rings. The van der Waals surface area contributed by atoms with E-state index < -0.39 is 12.1 Å². The van der Waals surface area contributed by atoms with Gasteiger partial charge in [0.2, 0.25) is 0 Å². The summed E-state index contributed by atoms with van der Waals surface area (Å²) in [6, 6.07) is 26.6. The van der Waals surface area contributed by atoms with E-state index >= 15 is 0 Å². The molecular formula is C26H23N5O. The first-order valence-corrected chi connectivity index (χ1v) is 10.5. The molecule has 0 spiro atoms. The standard InChI is InChI=1S/C26H23N5O/c27-26(32)31(20-11-5-2-6-12-20)24(15-19-16-28-22-14-8-7-13-21(19)22)25-29-17-23(30-25)18-9-3-1-4-10-18/h1-14,16-17,24,28H,15H2,(H2,27,32)(H,29,30)/t24-/m1/s1. The summed E-state index contributed by atoms with van der Waals surface area (Å²) in [4.78, 5) is 25.7. The third-order valence-corrected chi connectivity index (χ3v) is 5.67. The Hall–Kier alpha value is -4.32. The lowest BCUT2D eigenvalue weighted by Gasteiger charge is -2.29. The minimum atomic E-state index is -0.529. The molecule has 0 bridgehead atoms. The molecule has 32 heavy (non-hydrogen) atoms. The molecule has 158 valence electrons. The molecule has 0 aliphatic rings. The van der Waals surface area contributed by atoms with Crippen LogP contribution in [0.1, 0.15) is 17.4 Å². The molecule has 0 saturated carbocycles. The summed E-state index contributed by atoms with van der Waals surface area (Å²) in [5.74, 6) is 0.678. The van der Waals surface area contributed by atoms with E-state index in [4.69, 9.17) is 5.73 Å². The number of fused-ring (bicyclic) bond motifs is 1. The summed E-state index contributed by atoms with van der Waals surface area (Å²) < 4.78 is 0. The molecule has 6 nitrogen and oxygen atoms in total. The minimum absolute atomic E-state index is 0.411. The topological polar surface area (TPSA) is 90.8 Å². The van der Waals surface area contributed by atoms with Crippen LogP contribution >= 0.6 is 0 Å². The first kappa shape index (κ1) is 19.6. The second kappa shape index (κ2) is 8.43. The molecule has 1 atom stereocenters. The molecule has 0 radical (unpaired) electrons. The van der Waals surface area contributed by atoms with E-state index in [9.17, 15) is 4.79 Å². The van der Waals surface area contributed by atoms with E-state index in [2.05, 4.69) is 21.0 Å². The number of carbonyl (C=O) groups excluding carboxylic acids is 1. The van der Waals surface area contributed by atoms with Crippen molar-refractivity contribution in [3.8, 4) is 11.3 Å². The number of primary amides is 1. The van der Waals surface area contributed by atoms with E-state index in [1.807, 2.05) is 85.1 Å². The zero-order chi connectivity index (χ0) is 21.9. The van der Waals surface area contributed by atoms with Gasteiger partial charge in [0.25, 0.3) is 0 Å². The average Bonchev–Trinajstić information content (AvgIpc) is 3.48. The molecule has 0 fully saturated rings. The Labute approximate surface area is 185 Å². The maximum Gasteiger partial charge on any atom is 0.319 e. The van der Waals surface area contributed by atoms with Gasteiger partial charge in [-0.1, -0.05) is 66.7 Å². The lowest BCUT2D eigenvalue weighted by molar-refractivity contribution is 0.251. The van der Waals surface area contributed by atoms with Gasteiger partial charge < -0.3 is 15.7 Å². The van der Waals surface area contributed by atoms with E-state index in [0.717, 1.165) is 33.4 Å². The van der Waals surface area contributed by atoms with Crippen molar-refractivity contribution in [3.05, 3.63) is 109 Å². The van der Waals surface area contributed by atoms with Crippen molar-refractivity contribution in [1.29, 1.82) is 0 Å². The van der Waals surface area contributed by atoms with Gasteiger partial charge in [0.1, 0.15) is 11.9 Å². The van der Waals surface area contributed by atoms with Gasteiger partial charge in [-0.25, -0.2) is 9.78 Å². The fraction of sp³-hybridized carbons (Fsp3) is 0.0769. The van der Waals surface area contributed by atoms with Crippen LogP contribution in [0.2, 0.25) is 0 Å². The number of urea groups is 1. The number of aromatic nitrogens is 3. The van der Waals surface area contributed by atoms with Gasteiger partial charge in [0, 0.05) is 29.2 Å². The number of anilines is 1. The van der Waals surface area contributed by atoms with Crippen LogP contribution in [0.5, 0.6) is 0 Å². The molecule has 0 unspecified atom stereocenters. The van der Waals surface area contributed by atoms with Crippen LogP contribution in [0.15, 0.2) is 97.3 Å². The first-order valence-electron chi connectivity index (χ1n) is 10.5. The summed E-state index contributed by atoms with van der Waals surface area (Å²) >= 11 is 0. The van der Waals surface area contributed by atoms with E-state index in [1.54, 1.807) is 11.1 Å². The fourth-order valence-electron chi connectivity index (χ4n) is 4.14. The molecule has 2 heterocycles. The first-order chi connectivity index (χ1) is 15.7. The molecule has 3 aromatic carbocycles. The highest BCUT2D eigenvalue weighted by atomic mass is 16.2. The molecule has 6 heteroatoms. The van der Waals surface area contributed by atoms with Crippen LogP contribution in [0.25, 0.3) is 22.2 Å². The van der Waals surface area contributed by atoms with Gasteiger partial charge in [-0.15, -0.1) is 0 Å². The summed E-state index contributed by atoms with van der Waals surface area (Å²) in [7, 11) is 0. The van der Waals surface area contributed by atoms with Crippen molar-refractivity contribution in [2.45, 2.75) is 12.5 Å². The monoisotopic (exact) mass is 421 g/mol. The number of para-hydroxylation sites is 2. The molecule has 4 N–H and O–H groups in total. The van der Waals surface area contributed by atoms with Crippen molar-refractivity contribution in [2.75, 3.05) is 4.90 Å². The van der Waals surface area contributed by atoms with Gasteiger partial charge in [-0.2, -0.15) is 0 Å². The molecule has 0 saturated heterocycles. The smallest absolute Gasteiger partial charge is 0.319 e. The normalized spacial score (nSPS) is 12.0. The second-order valence-corrected chi connectivity index (χ2v) is 7.67. The highest BCUT2D eigenvalue weighted by Gasteiger charge is 2.29. The summed E-state index contributed by atoms with van der Waals surface area (Å²) in [6.07, 6.45) is 4.34. The van der Waals surface area contributed by atoms with Gasteiger partial charge >= 0.3 is 6.03 Å². The molecule has 5 rings (SSSR count). The van der Waals surface area contributed by atoms with E-state index in [1.165, 1.54) is 0 Å². The quantitative estimate of drug-likeness (QED) is 0.341. The highest BCUT2D eigenvalue weighted by Crippen LogP contribution is 2.32. The molecule has 2 amide bonds. The third kappa shape index (κ3) is 3.74. The number of H-pyrrole nitrogens is 2. The fourth-order valence-corrected chi connectivity index (χ4v) is 4.14. The van der Waals surface area contributed by atoms with Crippen LogP contribution in [0, 0.1) is 0 Å². The average molecular weight is 422 g/mol. The lowest BCUT2D eigenvalue weighted by atomic mass is 10.0. The summed E-state index contributed by atoms with van der Waals surface area (Å²) in [6.45, 7) is 0. The predicted octanol–water partition coefficient (Wildman–Crippen LogP) is 5.43. The number of hydrogen-bond donors (Lipinski definition) is 3. The van der Waals surface area contributed by atoms with Crippen molar-refractivity contribution in [3.63, 3.8) is 0 Å². The number of nitrogens with one attached hydrogen (secondary N) is 2. The van der Waals surface area contributed by atoms with Gasteiger partial charge in [0.05, 0.1) is 11.9 Å². The zero-order valence-corrected chi connectivity index (χ0v) is 17.4. The van der Waals surface area contributed by atoms with Crippen molar-refractivity contribution in [2.24, 2.45) is 5.73 Å². The number of hydrogen-bond acceptors (Lipinski definition) is 2. The van der Waals surface area contributed by atoms with Crippen molar-refractivity contribution >= 4 is 22.6 Å². The Morgan fingerprint density at radius 2 is 1.62 bits per heavy atom. The largest absolute Gasteiger partial charge is 0.361 e. The minimum Gasteiger partial charge on any atom is -0.361 e. The van der Waals surface area contributed by atoms with Crippen LogP contribution in [0.4, 0.5) is 10.5 Å². The number of benzene rings is 3. The maximum absolute atomic E-state index is 12.7. The number of carbonyl (C=O) groups is 1.